The Morgan fingerprint density at radius 2 is 1.57 bits per heavy atom. The lowest BCUT2D eigenvalue weighted by Gasteiger charge is -2.13. The highest BCUT2D eigenvalue weighted by Gasteiger charge is 2.20. The fourth-order valence-electron chi connectivity index (χ4n) is 2.20. The van der Waals surface area contributed by atoms with Crippen LogP contribution in [-0.4, -0.2) is 30.4 Å². The fourth-order valence-corrected chi connectivity index (χ4v) is 2.20. The standard InChI is InChI=1S/C21H22FNO5/c1-13(2)21(26)23-17-8-4-15(5-9-17)20(25)14(3)28-19(24)12-27-18-10-6-16(22)7-11-18/h4-11,13-14H,12H2,1-3H3,(H,23,26). The highest BCUT2D eigenvalue weighted by molar-refractivity contribution is 6.01. The highest BCUT2D eigenvalue weighted by Crippen LogP contribution is 2.14. The molecule has 2 aromatic carbocycles. The molecule has 2 rings (SSSR count). The van der Waals surface area contributed by atoms with Crippen LogP contribution in [0, 0.1) is 11.7 Å². The third-order valence-electron chi connectivity index (χ3n) is 3.81. The molecule has 28 heavy (non-hydrogen) atoms. The van der Waals surface area contributed by atoms with Crippen LogP contribution < -0.4 is 10.1 Å². The molecule has 0 fully saturated rings. The fraction of sp³-hybridized carbons (Fsp3) is 0.286. The summed E-state index contributed by atoms with van der Waals surface area (Å²) in [7, 11) is 0. The lowest BCUT2D eigenvalue weighted by atomic mass is 10.1. The Balaban J connectivity index is 1.86. The zero-order valence-corrected chi connectivity index (χ0v) is 15.9. The molecule has 0 aliphatic heterocycles. The van der Waals surface area contributed by atoms with Gasteiger partial charge >= 0.3 is 5.97 Å². The minimum Gasteiger partial charge on any atom is -0.482 e. The van der Waals surface area contributed by atoms with Crippen molar-refractivity contribution >= 4 is 23.3 Å². The van der Waals surface area contributed by atoms with Crippen LogP contribution in [0.4, 0.5) is 10.1 Å². The molecule has 7 heteroatoms. The molecule has 0 saturated carbocycles. The number of esters is 1. The number of ether oxygens (including phenoxy) is 2. The molecule has 0 aliphatic rings. The predicted molar refractivity (Wildman–Crippen MR) is 102 cm³/mol. The van der Waals surface area contributed by atoms with E-state index in [0.717, 1.165) is 0 Å². The second-order valence-electron chi connectivity index (χ2n) is 6.46. The monoisotopic (exact) mass is 387 g/mol. The molecule has 148 valence electrons. The molecule has 1 N–H and O–H groups in total. The first-order valence-corrected chi connectivity index (χ1v) is 8.79. The number of nitrogens with one attached hydrogen (secondary N) is 1. The van der Waals surface area contributed by atoms with Crippen LogP contribution in [0.5, 0.6) is 5.75 Å². The van der Waals surface area contributed by atoms with Crippen LogP contribution in [0.2, 0.25) is 0 Å². The summed E-state index contributed by atoms with van der Waals surface area (Å²) in [6.07, 6.45) is -1.000. The lowest BCUT2D eigenvalue weighted by Crippen LogP contribution is -2.27. The van der Waals surface area contributed by atoms with Crippen LogP contribution in [-0.2, 0) is 14.3 Å². The van der Waals surface area contributed by atoms with Crippen molar-refractivity contribution in [3.63, 3.8) is 0 Å². The summed E-state index contributed by atoms with van der Waals surface area (Å²) in [5, 5.41) is 2.73. The maximum Gasteiger partial charge on any atom is 0.344 e. The number of benzene rings is 2. The van der Waals surface area contributed by atoms with Crippen molar-refractivity contribution in [2.45, 2.75) is 26.9 Å². The number of rotatable bonds is 8. The van der Waals surface area contributed by atoms with Gasteiger partial charge in [0.25, 0.3) is 0 Å². The minimum atomic E-state index is -1.000. The van der Waals surface area contributed by atoms with Gasteiger partial charge < -0.3 is 14.8 Å². The molecule has 1 atom stereocenters. The van der Waals surface area contributed by atoms with Crippen LogP contribution in [0.15, 0.2) is 48.5 Å². The number of halogens is 1. The number of anilines is 1. The molecule has 0 saturated heterocycles. The maximum absolute atomic E-state index is 12.8. The SMILES string of the molecule is CC(C)C(=O)Nc1ccc(C(=O)C(C)OC(=O)COc2ccc(F)cc2)cc1. The van der Waals surface area contributed by atoms with Gasteiger partial charge in [0.1, 0.15) is 11.6 Å². The number of ketones is 1. The first-order valence-electron chi connectivity index (χ1n) is 8.79. The van der Waals surface area contributed by atoms with Gasteiger partial charge in [0.05, 0.1) is 0 Å². The average Bonchev–Trinajstić information content (AvgIpc) is 2.67. The van der Waals surface area contributed by atoms with E-state index in [-0.39, 0.29) is 17.6 Å². The van der Waals surface area contributed by atoms with Gasteiger partial charge in [-0.05, 0) is 55.5 Å². The second kappa shape index (κ2) is 9.64. The lowest BCUT2D eigenvalue weighted by molar-refractivity contribution is -0.148. The minimum absolute atomic E-state index is 0.123. The molecule has 0 aromatic heterocycles. The maximum atomic E-state index is 12.8. The Labute approximate surface area is 162 Å². The van der Waals surface area contributed by atoms with E-state index < -0.39 is 24.5 Å². The van der Waals surface area contributed by atoms with Crippen molar-refractivity contribution in [2.75, 3.05) is 11.9 Å². The van der Waals surface area contributed by atoms with Crippen LogP contribution >= 0.6 is 0 Å². The zero-order chi connectivity index (χ0) is 20.7. The normalized spacial score (nSPS) is 11.6. The molecule has 0 radical (unpaired) electrons. The average molecular weight is 387 g/mol. The quantitative estimate of drug-likeness (QED) is 0.553. The number of Topliss-reactive ketones (excluding diaryl/α,β-unsaturated/α-hetero) is 1. The zero-order valence-electron chi connectivity index (χ0n) is 15.9. The van der Waals surface area contributed by atoms with Gasteiger partial charge in [0.15, 0.2) is 12.7 Å². The van der Waals surface area contributed by atoms with E-state index >= 15 is 0 Å². The molecule has 0 spiro atoms. The van der Waals surface area contributed by atoms with Gasteiger partial charge in [-0.2, -0.15) is 0 Å². The summed E-state index contributed by atoms with van der Waals surface area (Å²) in [5.74, 6) is -1.47. The van der Waals surface area contributed by atoms with Crippen molar-refractivity contribution in [2.24, 2.45) is 5.92 Å². The molecule has 0 heterocycles. The van der Waals surface area contributed by atoms with Gasteiger partial charge in [-0.15, -0.1) is 0 Å². The van der Waals surface area contributed by atoms with Crippen molar-refractivity contribution in [3.05, 3.63) is 59.9 Å². The summed E-state index contributed by atoms with van der Waals surface area (Å²) in [5.41, 5.74) is 0.926. The predicted octanol–water partition coefficient (Wildman–Crippen LogP) is 3.61. The molecule has 2 aromatic rings. The van der Waals surface area contributed by atoms with Gasteiger partial charge in [-0.25, -0.2) is 9.18 Å². The first-order chi connectivity index (χ1) is 13.3. The molecular formula is C21H22FNO5. The van der Waals surface area contributed by atoms with Crippen LogP contribution in [0.3, 0.4) is 0 Å². The van der Waals surface area contributed by atoms with Crippen LogP contribution in [0.1, 0.15) is 31.1 Å². The van der Waals surface area contributed by atoms with E-state index in [1.54, 1.807) is 38.1 Å². The van der Waals surface area contributed by atoms with E-state index in [4.69, 9.17) is 9.47 Å². The Bertz CT molecular complexity index is 831. The molecule has 0 bridgehead atoms. The van der Waals surface area contributed by atoms with E-state index in [1.807, 2.05) is 0 Å². The number of carbonyl (C=O) groups excluding carboxylic acids is 3. The highest BCUT2D eigenvalue weighted by atomic mass is 19.1. The molecule has 1 amide bonds. The van der Waals surface area contributed by atoms with Crippen LogP contribution in [0.25, 0.3) is 0 Å². The van der Waals surface area contributed by atoms with Crippen molar-refractivity contribution < 1.29 is 28.2 Å². The smallest absolute Gasteiger partial charge is 0.344 e. The second-order valence-corrected chi connectivity index (χ2v) is 6.46. The molecule has 1 unspecified atom stereocenters. The number of amides is 1. The van der Waals surface area contributed by atoms with Gasteiger partial charge in [0.2, 0.25) is 11.7 Å². The van der Waals surface area contributed by atoms with E-state index in [0.29, 0.717) is 17.0 Å². The van der Waals surface area contributed by atoms with Gasteiger partial charge in [-0.1, -0.05) is 13.8 Å². The summed E-state index contributed by atoms with van der Waals surface area (Å²) >= 11 is 0. The molecular weight excluding hydrogens is 365 g/mol. The van der Waals surface area contributed by atoms with Crippen molar-refractivity contribution in [1.29, 1.82) is 0 Å². The third kappa shape index (κ3) is 6.19. The molecule has 6 nitrogen and oxygen atoms in total. The topological polar surface area (TPSA) is 81.7 Å². The summed E-state index contributed by atoms with van der Waals surface area (Å²) in [4.78, 5) is 35.9. The number of hydrogen-bond acceptors (Lipinski definition) is 5. The Morgan fingerprint density at radius 3 is 2.14 bits per heavy atom. The summed E-state index contributed by atoms with van der Waals surface area (Å²) in [6.45, 7) is 4.63. The van der Waals surface area contributed by atoms with Gasteiger partial charge in [-0.3, -0.25) is 9.59 Å². The third-order valence-corrected chi connectivity index (χ3v) is 3.81. The molecule has 0 aliphatic carbocycles. The van der Waals surface area contributed by atoms with Gasteiger partial charge in [0, 0.05) is 17.2 Å². The van der Waals surface area contributed by atoms with Crippen molar-refractivity contribution in [3.8, 4) is 5.75 Å². The Hall–Kier alpha value is -3.22. The number of hydrogen-bond donors (Lipinski definition) is 1. The van der Waals surface area contributed by atoms with E-state index in [2.05, 4.69) is 5.32 Å². The van der Waals surface area contributed by atoms with E-state index in [9.17, 15) is 18.8 Å². The summed E-state index contributed by atoms with van der Waals surface area (Å²) < 4.78 is 23.1. The first kappa shape index (κ1) is 21.1. The van der Waals surface area contributed by atoms with Crippen molar-refractivity contribution in [1.82, 2.24) is 0 Å². The Kier molecular flexibility index (Phi) is 7.26. The number of carbonyl (C=O) groups is 3. The largest absolute Gasteiger partial charge is 0.482 e. The van der Waals surface area contributed by atoms with E-state index in [1.165, 1.54) is 31.2 Å². The Morgan fingerprint density at radius 1 is 0.964 bits per heavy atom. The summed E-state index contributed by atoms with van der Waals surface area (Å²) in [6, 6.07) is 11.5.